The van der Waals surface area contributed by atoms with E-state index in [-0.39, 0.29) is 24.8 Å². The minimum Gasteiger partial charge on any atom is -0.494 e. The van der Waals surface area contributed by atoms with Crippen LogP contribution in [0.25, 0.3) is 10.9 Å². The lowest BCUT2D eigenvalue weighted by Crippen LogP contribution is -2.26. The van der Waals surface area contributed by atoms with E-state index in [2.05, 4.69) is 37.5 Å². The number of benzene rings is 2. The molecule has 0 aliphatic carbocycles. The van der Waals surface area contributed by atoms with Gasteiger partial charge in [0, 0.05) is 36.3 Å². The molecular weight excluding hydrogens is 508 g/mol. The minimum atomic E-state index is -0.346. The Kier molecular flexibility index (Phi) is 8.68. The SMILES string of the molecule is C=CC(=O)NCCC(=O)Nc1cc2c(Nc3ccc(OCc4ccccn4)c(Cl)c3)ncnc2cc1OC. The third-order valence-electron chi connectivity index (χ3n) is 5.36. The van der Waals surface area contributed by atoms with Crippen LogP contribution in [0.3, 0.4) is 0 Å². The summed E-state index contributed by atoms with van der Waals surface area (Å²) < 4.78 is 11.2. The molecule has 11 heteroatoms. The molecule has 0 saturated carbocycles. The van der Waals surface area contributed by atoms with Gasteiger partial charge in [-0.3, -0.25) is 14.6 Å². The number of halogens is 1. The molecule has 0 atom stereocenters. The van der Waals surface area contributed by atoms with E-state index in [1.54, 1.807) is 30.5 Å². The molecular formula is C27H25ClN6O4. The molecule has 2 aromatic heterocycles. The number of nitrogens with zero attached hydrogens (tertiary/aromatic N) is 3. The Morgan fingerprint density at radius 2 is 1.95 bits per heavy atom. The highest BCUT2D eigenvalue weighted by molar-refractivity contribution is 6.32. The summed E-state index contributed by atoms with van der Waals surface area (Å²) in [7, 11) is 1.50. The number of hydrogen-bond donors (Lipinski definition) is 3. The summed E-state index contributed by atoms with van der Waals surface area (Å²) in [6.07, 6.45) is 4.35. The van der Waals surface area contributed by atoms with Crippen molar-refractivity contribution in [1.29, 1.82) is 0 Å². The van der Waals surface area contributed by atoms with E-state index in [0.29, 0.717) is 51.2 Å². The van der Waals surface area contributed by atoms with Crippen molar-refractivity contribution in [3.05, 3.63) is 84.4 Å². The van der Waals surface area contributed by atoms with Crippen molar-refractivity contribution in [2.45, 2.75) is 13.0 Å². The first-order valence-electron chi connectivity index (χ1n) is 11.6. The third-order valence-corrected chi connectivity index (χ3v) is 5.66. The number of methoxy groups -OCH3 is 1. The smallest absolute Gasteiger partial charge is 0.243 e. The van der Waals surface area contributed by atoms with Crippen molar-refractivity contribution >= 4 is 51.5 Å². The lowest BCUT2D eigenvalue weighted by Gasteiger charge is -2.14. The standard InChI is InChI=1S/C27H25ClN6O4/c1-3-25(35)30-11-9-26(36)34-22-13-19-21(14-24(22)37-2)31-16-32-27(19)33-17-7-8-23(20(28)12-17)38-15-18-6-4-5-10-29-18/h3-8,10,12-14,16H,1,9,11,15H2,2H3,(H,30,35)(H,34,36)(H,31,32,33). The highest BCUT2D eigenvalue weighted by Crippen LogP contribution is 2.34. The van der Waals surface area contributed by atoms with Crippen LogP contribution in [0.2, 0.25) is 5.02 Å². The molecule has 38 heavy (non-hydrogen) atoms. The van der Waals surface area contributed by atoms with Crippen LogP contribution in [0.4, 0.5) is 17.2 Å². The summed E-state index contributed by atoms with van der Waals surface area (Å²) in [6, 6.07) is 14.3. The summed E-state index contributed by atoms with van der Waals surface area (Å²) in [5.74, 6) is 0.815. The second-order valence-corrected chi connectivity index (χ2v) is 8.37. The Hall–Kier alpha value is -4.70. The molecule has 2 amide bonds. The van der Waals surface area contributed by atoms with Gasteiger partial charge in [-0.05, 0) is 42.5 Å². The Labute approximate surface area is 224 Å². The molecule has 0 bridgehead atoms. The highest BCUT2D eigenvalue weighted by Gasteiger charge is 2.14. The highest BCUT2D eigenvalue weighted by atomic mass is 35.5. The second-order valence-electron chi connectivity index (χ2n) is 7.97. The van der Waals surface area contributed by atoms with Crippen LogP contribution in [0.1, 0.15) is 12.1 Å². The number of carbonyl (C=O) groups excluding carboxylic acids is 2. The summed E-state index contributed by atoms with van der Waals surface area (Å²) in [5, 5.41) is 9.69. The van der Waals surface area contributed by atoms with Crippen LogP contribution in [0, 0.1) is 0 Å². The zero-order valence-corrected chi connectivity index (χ0v) is 21.3. The molecule has 0 aliphatic heterocycles. The molecule has 0 radical (unpaired) electrons. The molecule has 4 aromatic rings. The normalized spacial score (nSPS) is 10.5. The molecule has 4 rings (SSSR count). The maximum absolute atomic E-state index is 12.5. The Morgan fingerprint density at radius 1 is 1.08 bits per heavy atom. The minimum absolute atomic E-state index is 0.0738. The van der Waals surface area contributed by atoms with Crippen molar-refractivity contribution in [1.82, 2.24) is 20.3 Å². The second kappa shape index (κ2) is 12.5. The number of aromatic nitrogens is 3. The van der Waals surface area contributed by atoms with Crippen molar-refractivity contribution in [2.24, 2.45) is 0 Å². The monoisotopic (exact) mass is 532 g/mol. The van der Waals surface area contributed by atoms with Crippen LogP contribution >= 0.6 is 11.6 Å². The summed E-state index contributed by atoms with van der Waals surface area (Å²) >= 11 is 6.46. The molecule has 0 saturated heterocycles. The van der Waals surface area contributed by atoms with Crippen LogP contribution < -0.4 is 25.4 Å². The number of rotatable bonds is 11. The van der Waals surface area contributed by atoms with Gasteiger partial charge in [-0.1, -0.05) is 24.2 Å². The Bertz CT molecular complexity index is 1470. The molecule has 194 valence electrons. The number of hydrogen-bond acceptors (Lipinski definition) is 8. The number of amides is 2. The van der Waals surface area contributed by atoms with E-state index < -0.39 is 0 Å². The van der Waals surface area contributed by atoms with Crippen LogP contribution in [0.15, 0.2) is 73.7 Å². The zero-order chi connectivity index (χ0) is 26.9. The quantitative estimate of drug-likeness (QED) is 0.238. The Balaban J connectivity index is 1.51. The zero-order valence-electron chi connectivity index (χ0n) is 20.5. The van der Waals surface area contributed by atoms with Gasteiger partial charge in [-0.2, -0.15) is 0 Å². The molecule has 0 fully saturated rings. The molecule has 0 aliphatic rings. The van der Waals surface area contributed by atoms with Gasteiger partial charge in [-0.15, -0.1) is 0 Å². The van der Waals surface area contributed by atoms with Gasteiger partial charge >= 0.3 is 0 Å². The molecule has 10 nitrogen and oxygen atoms in total. The maximum atomic E-state index is 12.5. The lowest BCUT2D eigenvalue weighted by molar-refractivity contribution is -0.117. The van der Waals surface area contributed by atoms with E-state index in [0.717, 1.165) is 11.8 Å². The predicted octanol–water partition coefficient (Wildman–Crippen LogP) is 4.64. The van der Waals surface area contributed by atoms with E-state index in [1.165, 1.54) is 13.4 Å². The third kappa shape index (κ3) is 6.74. The molecule has 2 heterocycles. The van der Waals surface area contributed by atoms with Gasteiger partial charge < -0.3 is 25.4 Å². The fraction of sp³-hybridized carbons (Fsp3) is 0.148. The van der Waals surface area contributed by atoms with Crippen LogP contribution in [-0.4, -0.2) is 40.4 Å². The topological polar surface area (TPSA) is 127 Å². The van der Waals surface area contributed by atoms with Crippen LogP contribution in [0.5, 0.6) is 11.5 Å². The van der Waals surface area contributed by atoms with E-state index >= 15 is 0 Å². The van der Waals surface area contributed by atoms with Crippen LogP contribution in [-0.2, 0) is 16.2 Å². The summed E-state index contributed by atoms with van der Waals surface area (Å²) in [6.45, 7) is 3.85. The van der Waals surface area contributed by atoms with Crippen molar-refractivity contribution < 1.29 is 19.1 Å². The predicted molar refractivity (Wildman–Crippen MR) is 146 cm³/mol. The first-order valence-corrected chi connectivity index (χ1v) is 12.0. The molecule has 0 unspecified atom stereocenters. The summed E-state index contributed by atoms with van der Waals surface area (Å²) in [4.78, 5) is 36.7. The van der Waals surface area contributed by atoms with Gasteiger partial charge in [0.1, 0.15) is 30.3 Å². The number of pyridine rings is 1. The average molecular weight is 533 g/mol. The van der Waals surface area contributed by atoms with Gasteiger partial charge in [0.15, 0.2) is 0 Å². The maximum Gasteiger partial charge on any atom is 0.243 e. The van der Waals surface area contributed by atoms with Gasteiger partial charge in [0.05, 0.1) is 29.0 Å². The molecule has 0 spiro atoms. The van der Waals surface area contributed by atoms with E-state index in [1.807, 2.05) is 24.3 Å². The molecule has 2 aromatic carbocycles. The van der Waals surface area contributed by atoms with Gasteiger partial charge in [0.2, 0.25) is 11.8 Å². The fourth-order valence-corrected chi connectivity index (χ4v) is 3.74. The van der Waals surface area contributed by atoms with E-state index in [9.17, 15) is 9.59 Å². The molecule has 3 N–H and O–H groups in total. The number of carbonyl (C=O) groups is 2. The fourth-order valence-electron chi connectivity index (χ4n) is 3.50. The number of anilines is 3. The van der Waals surface area contributed by atoms with E-state index in [4.69, 9.17) is 21.1 Å². The average Bonchev–Trinajstić information content (AvgIpc) is 2.93. The van der Waals surface area contributed by atoms with Gasteiger partial charge in [0.25, 0.3) is 0 Å². The van der Waals surface area contributed by atoms with Gasteiger partial charge in [-0.25, -0.2) is 9.97 Å². The first kappa shape index (κ1) is 26.4. The van der Waals surface area contributed by atoms with Crippen molar-refractivity contribution in [2.75, 3.05) is 24.3 Å². The summed E-state index contributed by atoms with van der Waals surface area (Å²) in [5.41, 5.74) is 2.52. The van der Waals surface area contributed by atoms with Crippen molar-refractivity contribution in [3.63, 3.8) is 0 Å². The number of nitrogens with one attached hydrogen (secondary N) is 3. The largest absolute Gasteiger partial charge is 0.494 e. The number of fused-ring (bicyclic) bond motifs is 1. The lowest BCUT2D eigenvalue weighted by atomic mass is 10.1. The Morgan fingerprint density at radius 3 is 2.68 bits per heavy atom. The number of ether oxygens (including phenoxy) is 2. The first-order chi connectivity index (χ1) is 18.5. The van der Waals surface area contributed by atoms with Crippen molar-refractivity contribution in [3.8, 4) is 11.5 Å².